The van der Waals surface area contributed by atoms with E-state index in [0.29, 0.717) is 13.1 Å². The number of benzene rings is 1. The number of rotatable bonds is 4. The second-order valence-electron chi connectivity index (χ2n) is 2.67. The molecule has 0 saturated heterocycles. The maximum atomic E-state index is 10.1. The van der Waals surface area contributed by atoms with E-state index in [1.807, 2.05) is 24.3 Å². The summed E-state index contributed by atoms with van der Waals surface area (Å²) in [6.07, 6.45) is -0.998. The molecule has 3 N–H and O–H groups in total. The zero-order valence-electron chi connectivity index (χ0n) is 7.46. The van der Waals surface area contributed by atoms with Gasteiger partial charge in [0.15, 0.2) is 0 Å². The van der Waals surface area contributed by atoms with Crippen LogP contribution in [0.1, 0.15) is 0 Å². The zero-order chi connectivity index (χ0) is 10.4. The van der Waals surface area contributed by atoms with Gasteiger partial charge < -0.3 is 15.7 Å². The Balaban J connectivity index is 2.25. The summed E-state index contributed by atoms with van der Waals surface area (Å²) in [5.74, 6) is 0. The topological polar surface area (TPSA) is 61.4 Å². The summed E-state index contributed by atoms with van der Waals surface area (Å²) in [7, 11) is 0. The molecule has 5 heteroatoms. The van der Waals surface area contributed by atoms with Crippen molar-refractivity contribution in [2.75, 3.05) is 18.4 Å². The fraction of sp³-hybridized carbons (Fsp3) is 0.222. The Kier molecular flexibility index (Phi) is 4.25. The van der Waals surface area contributed by atoms with Gasteiger partial charge in [-0.05, 0) is 24.3 Å². The molecule has 1 aromatic rings. The lowest BCUT2D eigenvalue weighted by Crippen LogP contribution is -2.26. The van der Waals surface area contributed by atoms with Gasteiger partial charge in [-0.3, -0.25) is 0 Å². The van der Waals surface area contributed by atoms with Gasteiger partial charge in [-0.25, -0.2) is 4.79 Å². The maximum absolute atomic E-state index is 10.1. The van der Waals surface area contributed by atoms with Crippen molar-refractivity contribution < 1.29 is 9.90 Å². The number of carboxylic acid groups (broad SMARTS) is 1. The van der Waals surface area contributed by atoms with Crippen LogP contribution in [0.3, 0.4) is 0 Å². The molecule has 0 atom stereocenters. The largest absolute Gasteiger partial charge is 0.465 e. The highest BCUT2D eigenvalue weighted by molar-refractivity contribution is 9.10. The molecule has 4 nitrogen and oxygen atoms in total. The normalized spacial score (nSPS) is 9.50. The third-order valence-electron chi connectivity index (χ3n) is 1.57. The van der Waals surface area contributed by atoms with Crippen molar-refractivity contribution in [3.63, 3.8) is 0 Å². The summed E-state index contributed by atoms with van der Waals surface area (Å²) < 4.78 is 1.02. The summed E-state index contributed by atoms with van der Waals surface area (Å²) >= 11 is 3.33. The summed E-state index contributed by atoms with van der Waals surface area (Å²) in [5, 5.41) is 13.7. The van der Waals surface area contributed by atoms with Crippen molar-refractivity contribution in [1.82, 2.24) is 5.32 Å². The first-order valence-electron chi connectivity index (χ1n) is 4.15. The smallest absolute Gasteiger partial charge is 0.404 e. The summed E-state index contributed by atoms with van der Waals surface area (Å²) in [6, 6.07) is 7.69. The number of anilines is 1. The fourth-order valence-electron chi connectivity index (χ4n) is 0.944. The van der Waals surface area contributed by atoms with E-state index in [2.05, 4.69) is 26.6 Å². The van der Waals surface area contributed by atoms with Gasteiger partial charge in [0.1, 0.15) is 0 Å². The Bertz CT molecular complexity index is 300. The first-order chi connectivity index (χ1) is 6.68. The highest BCUT2D eigenvalue weighted by Crippen LogP contribution is 2.13. The molecule has 0 aromatic heterocycles. The number of halogens is 1. The average molecular weight is 259 g/mol. The fourth-order valence-corrected chi connectivity index (χ4v) is 1.21. The van der Waals surface area contributed by atoms with Crippen molar-refractivity contribution in [1.29, 1.82) is 0 Å². The minimum absolute atomic E-state index is 0.394. The highest BCUT2D eigenvalue weighted by Gasteiger charge is 1.93. The van der Waals surface area contributed by atoms with E-state index in [0.717, 1.165) is 10.2 Å². The lowest BCUT2D eigenvalue weighted by Gasteiger charge is -2.05. The molecular formula is C9H11BrN2O2. The molecule has 0 aliphatic heterocycles. The minimum atomic E-state index is -0.998. The summed E-state index contributed by atoms with van der Waals surface area (Å²) in [5.41, 5.74) is 0.973. The molecule has 1 amide bonds. The van der Waals surface area contributed by atoms with Gasteiger partial charge >= 0.3 is 6.09 Å². The van der Waals surface area contributed by atoms with Crippen molar-refractivity contribution >= 4 is 27.7 Å². The number of nitrogens with one attached hydrogen (secondary N) is 2. The average Bonchev–Trinajstić information content (AvgIpc) is 2.15. The predicted molar refractivity (Wildman–Crippen MR) is 58.7 cm³/mol. The molecule has 1 rings (SSSR count). The standard InChI is InChI=1S/C9H11BrN2O2/c10-7-1-3-8(4-2-7)11-5-6-12-9(13)14/h1-4,11-12H,5-6H2,(H,13,14). The van der Waals surface area contributed by atoms with Gasteiger partial charge in [0.2, 0.25) is 0 Å². The van der Waals surface area contributed by atoms with Crippen LogP contribution in [0.2, 0.25) is 0 Å². The molecule has 0 saturated carbocycles. The van der Waals surface area contributed by atoms with Crippen LogP contribution in [0, 0.1) is 0 Å². The third-order valence-corrected chi connectivity index (χ3v) is 2.10. The Morgan fingerprint density at radius 2 is 1.93 bits per heavy atom. The lowest BCUT2D eigenvalue weighted by molar-refractivity contribution is 0.195. The SMILES string of the molecule is O=C(O)NCCNc1ccc(Br)cc1. The lowest BCUT2D eigenvalue weighted by atomic mass is 10.3. The zero-order valence-corrected chi connectivity index (χ0v) is 9.04. The van der Waals surface area contributed by atoms with E-state index in [4.69, 9.17) is 5.11 Å². The molecule has 14 heavy (non-hydrogen) atoms. The van der Waals surface area contributed by atoms with Crippen LogP contribution < -0.4 is 10.6 Å². The van der Waals surface area contributed by atoms with Crippen LogP contribution in [-0.4, -0.2) is 24.3 Å². The van der Waals surface area contributed by atoms with Crippen LogP contribution in [0.25, 0.3) is 0 Å². The van der Waals surface area contributed by atoms with Gasteiger partial charge in [-0.1, -0.05) is 15.9 Å². The number of hydrogen-bond donors (Lipinski definition) is 3. The van der Waals surface area contributed by atoms with Gasteiger partial charge in [-0.15, -0.1) is 0 Å². The Morgan fingerprint density at radius 3 is 2.50 bits per heavy atom. The summed E-state index contributed by atoms with van der Waals surface area (Å²) in [4.78, 5) is 10.1. The molecule has 0 aliphatic rings. The van der Waals surface area contributed by atoms with E-state index < -0.39 is 6.09 Å². The second-order valence-corrected chi connectivity index (χ2v) is 3.58. The van der Waals surface area contributed by atoms with Crippen LogP contribution in [-0.2, 0) is 0 Å². The quantitative estimate of drug-likeness (QED) is 0.726. The number of amides is 1. The van der Waals surface area contributed by atoms with Crippen LogP contribution >= 0.6 is 15.9 Å². The maximum Gasteiger partial charge on any atom is 0.404 e. The minimum Gasteiger partial charge on any atom is -0.465 e. The Hall–Kier alpha value is -1.23. The third kappa shape index (κ3) is 4.13. The van der Waals surface area contributed by atoms with Gasteiger partial charge in [-0.2, -0.15) is 0 Å². The van der Waals surface area contributed by atoms with Gasteiger partial charge in [0.25, 0.3) is 0 Å². The molecule has 0 heterocycles. The van der Waals surface area contributed by atoms with Crippen LogP contribution in [0.15, 0.2) is 28.7 Å². The van der Waals surface area contributed by atoms with E-state index in [1.54, 1.807) is 0 Å². The van der Waals surface area contributed by atoms with Gasteiger partial charge in [0, 0.05) is 23.2 Å². The number of carbonyl (C=O) groups is 1. The second kappa shape index (κ2) is 5.49. The molecule has 0 spiro atoms. The molecule has 0 unspecified atom stereocenters. The molecule has 0 bridgehead atoms. The van der Waals surface area contributed by atoms with Crippen molar-refractivity contribution in [2.24, 2.45) is 0 Å². The van der Waals surface area contributed by atoms with Crippen molar-refractivity contribution in [3.05, 3.63) is 28.7 Å². The van der Waals surface area contributed by atoms with E-state index in [1.165, 1.54) is 0 Å². The van der Waals surface area contributed by atoms with E-state index >= 15 is 0 Å². The highest BCUT2D eigenvalue weighted by atomic mass is 79.9. The van der Waals surface area contributed by atoms with Crippen molar-refractivity contribution in [3.8, 4) is 0 Å². The molecule has 0 aliphatic carbocycles. The van der Waals surface area contributed by atoms with E-state index in [9.17, 15) is 4.79 Å². The first-order valence-corrected chi connectivity index (χ1v) is 4.94. The predicted octanol–water partition coefficient (Wildman–Crippen LogP) is 2.13. The van der Waals surface area contributed by atoms with Crippen molar-refractivity contribution in [2.45, 2.75) is 0 Å². The monoisotopic (exact) mass is 258 g/mol. The Labute approximate surface area is 90.4 Å². The van der Waals surface area contributed by atoms with Crippen LogP contribution in [0.4, 0.5) is 10.5 Å². The van der Waals surface area contributed by atoms with Gasteiger partial charge in [0.05, 0.1) is 0 Å². The number of hydrogen-bond acceptors (Lipinski definition) is 2. The molecular weight excluding hydrogens is 248 g/mol. The van der Waals surface area contributed by atoms with E-state index in [-0.39, 0.29) is 0 Å². The summed E-state index contributed by atoms with van der Waals surface area (Å²) in [6.45, 7) is 0.972. The molecule has 0 radical (unpaired) electrons. The van der Waals surface area contributed by atoms with Crippen LogP contribution in [0.5, 0.6) is 0 Å². The molecule has 0 fully saturated rings. The first kappa shape index (κ1) is 10.8. The molecule has 76 valence electrons. The Morgan fingerprint density at radius 1 is 1.29 bits per heavy atom. The molecule has 1 aromatic carbocycles.